The van der Waals surface area contributed by atoms with Crippen LogP contribution in [-0.4, -0.2) is 53.7 Å². The molecule has 0 aromatic heterocycles. The highest BCUT2D eigenvalue weighted by molar-refractivity contribution is 6.01. The Bertz CT molecular complexity index is 745. The van der Waals surface area contributed by atoms with Crippen LogP contribution in [0.5, 0.6) is 0 Å². The van der Waals surface area contributed by atoms with Gasteiger partial charge in [0.05, 0.1) is 6.42 Å². The summed E-state index contributed by atoms with van der Waals surface area (Å²) < 4.78 is 0. The number of anilines is 1. The van der Waals surface area contributed by atoms with E-state index in [1.54, 1.807) is 13.0 Å². The highest BCUT2D eigenvalue weighted by Gasteiger charge is 2.45. The third-order valence-electron chi connectivity index (χ3n) is 5.59. The molecule has 2 saturated heterocycles. The van der Waals surface area contributed by atoms with E-state index >= 15 is 0 Å². The molecular formula is C18H21N3O3. The number of carbonyl (C=O) groups excluding carboxylic acids is 3. The topological polar surface area (TPSA) is 69.7 Å². The maximum Gasteiger partial charge on any atom is 0.253 e. The molecule has 3 amide bonds. The number of hydrogen-bond acceptors (Lipinski definition) is 3. The average Bonchev–Trinajstić information content (AvgIpc) is 3.24. The number of nitrogens with zero attached hydrogens (tertiary/aromatic N) is 2. The van der Waals surface area contributed by atoms with E-state index in [9.17, 15) is 14.4 Å². The van der Waals surface area contributed by atoms with Gasteiger partial charge in [-0.05, 0) is 36.6 Å². The van der Waals surface area contributed by atoms with Gasteiger partial charge in [0.15, 0.2) is 0 Å². The minimum Gasteiger partial charge on any atom is -0.342 e. The number of benzene rings is 1. The Morgan fingerprint density at radius 1 is 1.12 bits per heavy atom. The SMILES string of the molecule is CC(=O)N1CCC2(CCN(C(=O)c3ccc4c(c3)CC(=O)N4)C2)C1. The molecule has 126 valence electrons. The van der Waals surface area contributed by atoms with Gasteiger partial charge in [-0.25, -0.2) is 0 Å². The quantitative estimate of drug-likeness (QED) is 0.844. The second-order valence-corrected chi connectivity index (χ2v) is 7.26. The van der Waals surface area contributed by atoms with Crippen LogP contribution in [0.15, 0.2) is 18.2 Å². The van der Waals surface area contributed by atoms with Crippen LogP contribution in [0, 0.1) is 5.41 Å². The number of amides is 3. The third kappa shape index (κ3) is 2.46. The monoisotopic (exact) mass is 327 g/mol. The summed E-state index contributed by atoms with van der Waals surface area (Å²) in [5.74, 6) is 0.118. The van der Waals surface area contributed by atoms with Crippen molar-refractivity contribution in [1.29, 1.82) is 0 Å². The Kier molecular flexibility index (Phi) is 3.37. The molecule has 3 aliphatic rings. The van der Waals surface area contributed by atoms with E-state index in [4.69, 9.17) is 0 Å². The predicted molar refractivity (Wildman–Crippen MR) is 88.6 cm³/mol. The highest BCUT2D eigenvalue weighted by Crippen LogP contribution is 2.40. The van der Waals surface area contributed by atoms with Crippen molar-refractivity contribution >= 4 is 23.4 Å². The van der Waals surface area contributed by atoms with Crippen LogP contribution in [0.3, 0.4) is 0 Å². The van der Waals surface area contributed by atoms with Crippen LogP contribution in [0.2, 0.25) is 0 Å². The fourth-order valence-electron chi connectivity index (χ4n) is 4.19. The molecule has 0 bridgehead atoms. The minimum absolute atomic E-state index is 0.0231. The Morgan fingerprint density at radius 2 is 1.83 bits per heavy atom. The summed E-state index contributed by atoms with van der Waals surface area (Å²) in [4.78, 5) is 39.6. The first-order chi connectivity index (χ1) is 11.5. The predicted octanol–water partition coefficient (Wildman–Crippen LogP) is 1.27. The van der Waals surface area contributed by atoms with Crippen LogP contribution in [-0.2, 0) is 16.0 Å². The molecule has 1 aromatic rings. The van der Waals surface area contributed by atoms with Crippen LogP contribution in [0.1, 0.15) is 35.7 Å². The molecule has 3 heterocycles. The lowest BCUT2D eigenvalue weighted by atomic mass is 9.86. The van der Waals surface area contributed by atoms with Crippen molar-refractivity contribution < 1.29 is 14.4 Å². The van der Waals surface area contributed by atoms with Crippen molar-refractivity contribution in [2.75, 3.05) is 31.5 Å². The van der Waals surface area contributed by atoms with Gasteiger partial charge in [0.25, 0.3) is 5.91 Å². The highest BCUT2D eigenvalue weighted by atomic mass is 16.2. The van der Waals surface area contributed by atoms with Crippen LogP contribution >= 0.6 is 0 Å². The molecule has 1 N–H and O–H groups in total. The van der Waals surface area contributed by atoms with Crippen molar-refractivity contribution in [3.05, 3.63) is 29.3 Å². The molecule has 1 spiro atoms. The summed E-state index contributed by atoms with van der Waals surface area (Å²) in [7, 11) is 0. The van der Waals surface area contributed by atoms with Crippen LogP contribution < -0.4 is 5.32 Å². The fraction of sp³-hybridized carbons (Fsp3) is 0.500. The first-order valence-electron chi connectivity index (χ1n) is 8.43. The molecule has 6 heteroatoms. The molecule has 0 aliphatic carbocycles. The first kappa shape index (κ1) is 15.2. The molecule has 6 nitrogen and oxygen atoms in total. The molecular weight excluding hydrogens is 306 g/mol. The zero-order valence-electron chi connectivity index (χ0n) is 13.8. The molecule has 0 radical (unpaired) electrons. The van der Waals surface area contributed by atoms with Gasteiger partial charge in [-0.1, -0.05) is 0 Å². The van der Waals surface area contributed by atoms with Gasteiger partial charge in [-0.15, -0.1) is 0 Å². The molecule has 1 aromatic carbocycles. The van der Waals surface area contributed by atoms with E-state index in [1.165, 1.54) is 0 Å². The summed E-state index contributed by atoms with van der Waals surface area (Å²) >= 11 is 0. The third-order valence-corrected chi connectivity index (χ3v) is 5.59. The molecule has 4 rings (SSSR count). The Balaban J connectivity index is 1.48. The summed E-state index contributed by atoms with van der Waals surface area (Å²) in [6.07, 6.45) is 2.26. The number of nitrogens with one attached hydrogen (secondary N) is 1. The second kappa shape index (κ2) is 5.33. The van der Waals surface area contributed by atoms with E-state index in [0.29, 0.717) is 18.5 Å². The van der Waals surface area contributed by atoms with Gasteiger partial charge in [0.2, 0.25) is 11.8 Å². The van der Waals surface area contributed by atoms with E-state index in [0.717, 1.165) is 43.7 Å². The molecule has 24 heavy (non-hydrogen) atoms. The summed E-state index contributed by atoms with van der Waals surface area (Å²) in [5.41, 5.74) is 2.41. The molecule has 1 atom stereocenters. The largest absolute Gasteiger partial charge is 0.342 e. The van der Waals surface area contributed by atoms with Gasteiger partial charge in [-0.2, -0.15) is 0 Å². The van der Waals surface area contributed by atoms with Crippen molar-refractivity contribution in [1.82, 2.24) is 9.80 Å². The number of carbonyl (C=O) groups is 3. The van der Waals surface area contributed by atoms with Crippen molar-refractivity contribution in [2.45, 2.75) is 26.2 Å². The second-order valence-electron chi connectivity index (χ2n) is 7.26. The number of fused-ring (bicyclic) bond motifs is 1. The van der Waals surface area contributed by atoms with Crippen LogP contribution in [0.25, 0.3) is 0 Å². The van der Waals surface area contributed by atoms with Gasteiger partial charge >= 0.3 is 0 Å². The Hall–Kier alpha value is -2.37. The van der Waals surface area contributed by atoms with Gasteiger partial charge in [0.1, 0.15) is 0 Å². The first-order valence-corrected chi connectivity index (χ1v) is 8.43. The number of rotatable bonds is 1. The number of hydrogen-bond donors (Lipinski definition) is 1. The fourth-order valence-corrected chi connectivity index (χ4v) is 4.19. The lowest BCUT2D eigenvalue weighted by Crippen LogP contribution is -2.35. The Morgan fingerprint density at radius 3 is 2.54 bits per heavy atom. The van der Waals surface area contributed by atoms with Crippen molar-refractivity contribution in [3.63, 3.8) is 0 Å². The standard InChI is InChI=1S/C18H21N3O3/c1-12(22)20-6-4-18(10-20)5-7-21(11-18)17(24)13-2-3-15-14(8-13)9-16(23)19-15/h2-3,8H,4-7,9-11H2,1H3,(H,19,23). The van der Waals surface area contributed by atoms with Crippen molar-refractivity contribution in [3.8, 4) is 0 Å². The van der Waals surface area contributed by atoms with Crippen molar-refractivity contribution in [2.24, 2.45) is 5.41 Å². The van der Waals surface area contributed by atoms with Gasteiger partial charge in [0, 0.05) is 49.8 Å². The smallest absolute Gasteiger partial charge is 0.253 e. The average molecular weight is 327 g/mol. The van der Waals surface area contributed by atoms with Gasteiger partial charge < -0.3 is 15.1 Å². The zero-order chi connectivity index (χ0) is 16.9. The summed E-state index contributed by atoms with van der Waals surface area (Å²) in [6, 6.07) is 5.43. The maximum atomic E-state index is 12.8. The zero-order valence-corrected chi connectivity index (χ0v) is 13.8. The maximum absolute atomic E-state index is 12.8. The molecule has 1 unspecified atom stereocenters. The Labute approximate surface area is 140 Å². The summed E-state index contributed by atoms with van der Waals surface area (Å²) in [6.45, 7) is 4.61. The summed E-state index contributed by atoms with van der Waals surface area (Å²) in [5, 5.41) is 2.79. The lowest BCUT2D eigenvalue weighted by molar-refractivity contribution is -0.128. The normalized spacial score (nSPS) is 25.3. The van der Waals surface area contributed by atoms with E-state index in [2.05, 4.69) is 5.32 Å². The minimum atomic E-state index is -0.0231. The lowest BCUT2D eigenvalue weighted by Gasteiger charge is -2.24. The molecule has 0 saturated carbocycles. The molecule has 2 fully saturated rings. The van der Waals surface area contributed by atoms with E-state index in [-0.39, 0.29) is 23.1 Å². The number of likely N-dealkylation sites (tertiary alicyclic amines) is 2. The van der Waals surface area contributed by atoms with Gasteiger partial charge in [-0.3, -0.25) is 14.4 Å². The molecule has 3 aliphatic heterocycles. The van der Waals surface area contributed by atoms with Crippen LogP contribution in [0.4, 0.5) is 5.69 Å². The van der Waals surface area contributed by atoms with E-state index in [1.807, 2.05) is 21.9 Å². The van der Waals surface area contributed by atoms with E-state index < -0.39 is 0 Å².